The van der Waals surface area contributed by atoms with Crippen LogP contribution in [-0.4, -0.2) is 63.5 Å². The van der Waals surface area contributed by atoms with Gasteiger partial charge in [-0.1, -0.05) is 17.4 Å². The van der Waals surface area contributed by atoms with Crippen molar-refractivity contribution in [3.8, 4) is 11.3 Å². The molecule has 9 nitrogen and oxygen atoms in total. The van der Waals surface area contributed by atoms with E-state index in [-0.39, 0.29) is 30.7 Å². The molecule has 2 saturated heterocycles. The number of nitrogens with zero attached hydrogens (tertiary/aromatic N) is 3. The molecule has 4 aromatic rings. The van der Waals surface area contributed by atoms with Gasteiger partial charge in [0.15, 0.2) is 10.7 Å². The first kappa shape index (κ1) is 27.3. The number of nitrogens with one attached hydrogen (secondary N) is 1. The number of carbonyl (C=O) groups is 3. The maximum absolute atomic E-state index is 15.5. The number of Topliss-reactive ketones (excluding diaryl/α,β-unsaturated/α-hetero) is 1. The fraction of sp³-hybridized carbons (Fsp3) is 0.400. The largest absolute Gasteiger partial charge is 0.444 e. The second-order valence-corrected chi connectivity index (χ2v) is 12.5. The first-order valence-corrected chi connectivity index (χ1v) is 14.5. The summed E-state index contributed by atoms with van der Waals surface area (Å²) >= 11 is 1.43. The highest BCUT2D eigenvalue weighted by atomic mass is 32.1. The number of ketones is 1. The molecule has 6 rings (SSSR count). The van der Waals surface area contributed by atoms with Gasteiger partial charge in [0, 0.05) is 43.0 Å². The van der Waals surface area contributed by atoms with E-state index in [1.54, 1.807) is 45.2 Å². The average Bonchev–Trinajstić information content (AvgIpc) is 3.60. The summed E-state index contributed by atoms with van der Waals surface area (Å²) in [6.45, 7) is 6.52. The van der Waals surface area contributed by atoms with Crippen molar-refractivity contribution in [1.82, 2.24) is 19.6 Å². The van der Waals surface area contributed by atoms with Crippen molar-refractivity contribution in [2.75, 3.05) is 19.8 Å². The number of halogens is 1. The summed E-state index contributed by atoms with van der Waals surface area (Å²) in [5.41, 5.74) is 2.07. The smallest absolute Gasteiger partial charge is 0.411 e. The van der Waals surface area contributed by atoms with Crippen molar-refractivity contribution in [3.05, 3.63) is 59.5 Å². The zero-order chi connectivity index (χ0) is 28.9. The van der Waals surface area contributed by atoms with Gasteiger partial charge in [-0.25, -0.2) is 14.2 Å². The molecule has 11 heteroatoms. The van der Waals surface area contributed by atoms with Gasteiger partial charge < -0.3 is 14.8 Å². The summed E-state index contributed by atoms with van der Waals surface area (Å²) in [5, 5.41) is 3.08. The molecule has 41 heavy (non-hydrogen) atoms. The molecule has 214 valence electrons. The van der Waals surface area contributed by atoms with Crippen molar-refractivity contribution in [2.45, 2.75) is 57.7 Å². The fourth-order valence-corrected chi connectivity index (χ4v) is 6.38. The third kappa shape index (κ3) is 5.56. The molecule has 2 aliphatic heterocycles. The quantitative estimate of drug-likeness (QED) is 0.342. The number of rotatable bonds is 4. The van der Waals surface area contributed by atoms with E-state index in [4.69, 9.17) is 9.47 Å². The van der Waals surface area contributed by atoms with Crippen molar-refractivity contribution in [3.63, 3.8) is 0 Å². The SMILES string of the molecule is CC(C)(C)OC(=O)N1CC(=O)CC1c1ccc(-c2cn3c(n2)sc2cc(C(=O)NC4CCOCC4)ccc23)c(F)c1. The minimum atomic E-state index is -0.709. The second kappa shape index (κ2) is 10.5. The van der Waals surface area contributed by atoms with E-state index in [0.29, 0.717) is 40.6 Å². The Balaban J connectivity index is 1.23. The second-order valence-electron chi connectivity index (χ2n) is 11.5. The van der Waals surface area contributed by atoms with Crippen LogP contribution in [0, 0.1) is 5.82 Å². The Labute approximate surface area is 240 Å². The normalized spacial score (nSPS) is 18.4. The van der Waals surface area contributed by atoms with E-state index in [2.05, 4.69) is 10.3 Å². The van der Waals surface area contributed by atoms with Crippen LogP contribution in [0.2, 0.25) is 0 Å². The van der Waals surface area contributed by atoms with Gasteiger partial charge >= 0.3 is 6.09 Å². The summed E-state index contributed by atoms with van der Waals surface area (Å²) in [7, 11) is 0. The molecule has 2 aliphatic rings. The van der Waals surface area contributed by atoms with Crippen molar-refractivity contribution >= 4 is 44.3 Å². The first-order chi connectivity index (χ1) is 19.6. The van der Waals surface area contributed by atoms with Crippen LogP contribution >= 0.6 is 11.3 Å². The standard InChI is InChI=1S/C30H31FN4O5S/c1-30(2,3)40-29(38)35-15-20(36)14-25(35)17-4-6-21(22(31)12-17)23-16-34-24-7-5-18(13-26(24)41-28(34)33-23)27(37)32-19-8-10-39-11-9-19/h4-7,12-13,16,19,25H,8-11,14-15H2,1-3H3,(H,32,37). The highest BCUT2D eigenvalue weighted by Crippen LogP contribution is 2.35. The van der Waals surface area contributed by atoms with E-state index >= 15 is 4.39 Å². The Bertz CT molecular complexity index is 1670. The maximum Gasteiger partial charge on any atom is 0.411 e. The zero-order valence-electron chi connectivity index (χ0n) is 23.1. The molecule has 2 aromatic carbocycles. The van der Waals surface area contributed by atoms with Crippen molar-refractivity contribution in [1.29, 1.82) is 0 Å². The van der Waals surface area contributed by atoms with Gasteiger partial charge in [-0.05, 0) is 69.5 Å². The molecule has 2 aromatic heterocycles. The molecule has 0 radical (unpaired) electrons. The Morgan fingerprint density at radius 2 is 1.93 bits per heavy atom. The van der Waals surface area contributed by atoms with Crippen LogP contribution in [0.25, 0.3) is 26.4 Å². The number of aromatic nitrogens is 2. The van der Waals surface area contributed by atoms with Crippen LogP contribution in [0.3, 0.4) is 0 Å². The van der Waals surface area contributed by atoms with Crippen molar-refractivity contribution in [2.24, 2.45) is 0 Å². The van der Waals surface area contributed by atoms with E-state index in [9.17, 15) is 14.4 Å². The number of imidazole rings is 1. The predicted octanol–water partition coefficient (Wildman–Crippen LogP) is 5.51. The molecule has 2 amide bonds. The monoisotopic (exact) mass is 578 g/mol. The zero-order valence-corrected chi connectivity index (χ0v) is 23.9. The Morgan fingerprint density at radius 1 is 1.15 bits per heavy atom. The molecule has 1 atom stereocenters. The van der Waals surface area contributed by atoms with Gasteiger partial charge in [0.25, 0.3) is 5.91 Å². The summed E-state index contributed by atoms with van der Waals surface area (Å²) in [4.78, 5) is 44.4. The number of hydrogen-bond donors (Lipinski definition) is 1. The molecule has 0 aliphatic carbocycles. The van der Waals surface area contributed by atoms with Gasteiger partial charge in [-0.2, -0.15) is 0 Å². The summed E-state index contributed by atoms with van der Waals surface area (Å²) in [6.07, 6.45) is 2.91. The third-order valence-electron chi connectivity index (χ3n) is 7.34. The molecule has 1 N–H and O–H groups in total. The van der Waals surface area contributed by atoms with Gasteiger partial charge in [-0.3, -0.25) is 18.9 Å². The van der Waals surface area contributed by atoms with Crippen LogP contribution in [0.5, 0.6) is 0 Å². The number of likely N-dealkylation sites (tertiary alicyclic amines) is 1. The van der Waals surface area contributed by atoms with Crippen LogP contribution in [0.1, 0.15) is 62.0 Å². The van der Waals surface area contributed by atoms with Crippen molar-refractivity contribution < 1.29 is 28.2 Å². The summed E-state index contributed by atoms with van der Waals surface area (Å²) < 4.78 is 29.1. The minimum Gasteiger partial charge on any atom is -0.444 e. The lowest BCUT2D eigenvalue weighted by atomic mass is 10.0. The van der Waals surface area contributed by atoms with E-state index in [1.165, 1.54) is 22.3 Å². The van der Waals surface area contributed by atoms with Gasteiger partial charge in [0.2, 0.25) is 0 Å². The predicted molar refractivity (Wildman–Crippen MR) is 153 cm³/mol. The molecular formula is C30H31FN4O5S. The number of thiazole rings is 1. The lowest BCUT2D eigenvalue weighted by molar-refractivity contribution is -0.117. The van der Waals surface area contributed by atoms with Crippen LogP contribution in [-0.2, 0) is 14.3 Å². The third-order valence-corrected chi connectivity index (χ3v) is 8.36. The molecular weight excluding hydrogens is 547 g/mol. The number of ether oxygens (including phenoxy) is 2. The molecule has 1 unspecified atom stereocenters. The number of amides is 2. The Kier molecular flexibility index (Phi) is 7.03. The van der Waals surface area contributed by atoms with Gasteiger partial charge in [-0.15, -0.1) is 0 Å². The first-order valence-electron chi connectivity index (χ1n) is 13.7. The maximum atomic E-state index is 15.5. The average molecular weight is 579 g/mol. The lowest BCUT2D eigenvalue weighted by Gasteiger charge is -2.28. The van der Waals surface area contributed by atoms with E-state index < -0.39 is 23.6 Å². The molecule has 0 bridgehead atoms. The topological polar surface area (TPSA) is 102 Å². The van der Waals surface area contributed by atoms with Crippen LogP contribution in [0.15, 0.2) is 42.6 Å². The Morgan fingerprint density at radius 3 is 2.66 bits per heavy atom. The van der Waals surface area contributed by atoms with Crippen LogP contribution < -0.4 is 5.32 Å². The fourth-order valence-electron chi connectivity index (χ4n) is 5.33. The highest BCUT2D eigenvalue weighted by molar-refractivity contribution is 7.23. The highest BCUT2D eigenvalue weighted by Gasteiger charge is 2.38. The van der Waals surface area contributed by atoms with E-state index in [0.717, 1.165) is 23.1 Å². The number of fused-ring (bicyclic) bond motifs is 3. The lowest BCUT2D eigenvalue weighted by Crippen LogP contribution is -2.38. The molecule has 0 saturated carbocycles. The minimum absolute atomic E-state index is 0.0632. The number of benzene rings is 2. The number of hydrogen-bond acceptors (Lipinski definition) is 7. The summed E-state index contributed by atoms with van der Waals surface area (Å²) in [6, 6.07) is 9.78. The molecule has 0 spiro atoms. The Hall–Kier alpha value is -3.83. The molecule has 4 heterocycles. The summed E-state index contributed by atoms with van der Waals surface area (Å²) in [5.74, 6) is -0.703. The molecule has 2 fully saturated rings. The number of carbonyl (C=O) groups excluding carboxylic acids is 3. The van der Waals surface area contributed by atoms with Crippen LogP contribution in [0.4, 0.5) is 9.18 Å². The van der Waals surface area contributed by atoms with E-state index in [1.807, 2.05) is 16.5 Å². The van der Waals surface area contributed by atoms with Gasteiger partial charge in [0.1, 0.15) is 11.4 Å². The van der Waals surface area contributed by atoms with Gasteiger partial charge in [0.05, 0.1) is 28.5 Å².